The number of nitrogens with zero attached hydrogens (tertiary/aromatic N) is 4. The number of furan rings is 4. The van der Waals surface area contributed by atoms with Crippen LogP contribution in [0.5, 0.6) is 0 Å². The summed E-state index contributed by atoms with van der Waals surface area (Å²) in [6.45, 7) is 4.44. The van der Waals surface area contributed by atoms with Crippen LogP contribution in [0.15, 0.2) is 454 Å². The maximum absolute atomic E-state index is 8.18. The van der Waals surface area contributed by atoms with Gasteiger partial charge < -0.3 is 37.3 Å². The third kappa shape index (κ3) is 10.1. The van der Waals surface area contributed by atoms with Crippen molar-refractivity contribution in [1.29, 1.82) is 0 Å². The number of rotatable bonds is 13. The van der Waals surface area contributed by atoms with E-state index in [9.17, 15) is 0 Å². The summed E-state index contributed by atoms with van der Waals surface area (Å²) in [5, 5.41) is 8.06. The predicted octanol–water partition coefficient (Wildman–Crippen LogP) is 34.1. The second-order valence-electron chi connectivity index (χ2n) is 35.5. The van der Waals surface area contributed by atoms with E-state index < -0.39 is 10.8 Å². The minimum Gasteiger partial charge on any atom is -0.455 e. The summed E-state index contributed by atoms with van der Waals surface area (Å²) in [4.78, 5) is 9.76. The van der Waals surface area contributed by atoms with E-state index in [0.717, 1.165) is 245 Å². The Morgan fingerprint density at radius 1 is 0.182 bits per heavy atom. The smallest absolute Gasteiger partial charge is 0.160 e. The molecule has 24 aromatic rings. The molecule has 132 heavy (non-hydrogen) atoms. The van der Waals surface area contributed by atoms with Crippen LogP contribution in [0.4, 0.5) is 68.2 Å². The molecule has 4 aliphatic carbocycles. The van der Waals surface area contributed by atoms with Gasteiger partial charge in [0, 0.05) is 100 Å². The van der Waals surface area contributed by atoms with Crippen LogP contribution in [0.3, 0.4) is 0 Å². The number of benzene rings is 20. The SMILES string of the molecule is Cc1ccccc1N(c1ccccc1)c1cc2c(c3c1oc1ccccc13)-c1c(cc(N(c3ccccc3)c3ccccc3C)c3c1oc1ccccc13)C21c2ccccc2-c2c(-c3ccc4c(c3)oc3c(N(c5ccccc5)c5ccccc5)cc5c(c34)-c3c(cc(N(c4ccccc4)c4ccccc4)c4c3oc3ccccc34)C53c4ccccc4-c4ccccc43)cccc21. The molecule has 0 amide bonds. The Labute approximate surface area is 760 Å². The van der Waals surface area contributed by atoms with Gasteiger partial charge in [0.1, 0.15) is 33.5 Å². The number of hydrogen-bond acceptors (Lipinski definition) is 8. The van der Waals surface area contributed by atoms with Gasteiger partial charge in [-0.1, -0.05) is 297 Å². The van der Waals surface area contributed by atoms with Crippen molar-refractivity contribution < 1.29 is 17.7 Å². The standard InChI is InChI=1S/C124H78N4O4/c1-75-38-21-32-63-100(75)127(82-48-17-7-18-49-82)103-72-99-118(122-112(103)89-56-27-35-66-107(89)131-122)116-97(74-105(120-113(116)90-57-28-36-67-108(90)129-120)128(83-50-19-8-20-51-83)101-64-33-22-39-76(101)2)124(99)94-61-31-25-54-87(94)110-84(58-37-62-95(110)124)77-68-69-91-109(70-77)132-119-104(126(80-44-13-5-14-45-80)81-46-15-6-16-47-81)73-96-115(114(91)119)117-98(123(96)92-59-29-23-52-85(92)86-53-24-30-60-93(86)123)71-102(111-88-55-26-34-65-106(88)130-121(111)117)125(78-40-9-3-10-41-78)79-42-11-4-12-43-79/h3-74H,1-2H3. The molecule has 2 spiro atoms. The molecule has 1 unspecified atom stereocenters. The van der Waals surface area contributed by atoms with E-state index in [1.165, 1.54) is 22.3 Å². The van der Waals surface area contributed by atoms with Gasteiger partial charge >= 0.3 is 0 Å². The Bertz CT molecular complexity index is 8840. The monoisotopic (exact) mass is 1690 g/mol. The van der Waals surface area contributed by atoms with E-state index >= 15 is 0 Å². The van der Waals surface area contributed by atoms with Gasteiger partial charge in [0.25, 0.3) is 0 Å². The molecule has 4 aromatic heterocycles. The van der Waals surface area contributed by atoms with Crippen molar-refractivity contribution in [1.82, 2.24) is 0 Å². The van der Waals surface area contributed by atoms with Crippen LogP contribution in [0, 0.1) is 13.8 Å². The summed E-state index contributed by atoms with van der Waals surface area (Å²) in [7, 11) is 0. The van der Waals surface area contributed by atoms with Crippen molar-refractivity contribution >= 4 is 156 Å². The summed E-state index contributed by atoms with van der Waals surface area (Å²) in [5.41, 5.74) is 38.6. The van der Waals surface area contributed by atoms with Gasteiger partial charge in [0.05, 0.1) is 44.4 Å². The van der Waals surface area contributed by atoms with Crippen molar-refractivity contribution in [2.45, 2.75) is 24.7 Å². The maximum atomic E-state index is 8.18. The maximum Gasteiger partial charge on any atom is 0.160 e. The Morgan fingerprint density at radius 2 is 0.485 bits per heavy atom. The molecule has 4 heterocycles. The third-order valence-electron chi connectivity index (χ3n) is 28.8. The van der Waals surface area contributed by atoms with E-state index in [4.69, 9.17) is 17.7 Å². The Balaban J connectivity index is 0.763. The molecule has 0 radical (unpaired) electrons. The van der Waals surface area contributed by atoms with Crippen LogP contribution in [0.1, 0.15) is 55.6 Å². The highest BCUT2D eigenvalue weighted by Crippen LogP contribution is 2.72. The lowest BCUT2D eigenvalue weighted by Crippen LogP contribution is -2.27. The summed E-state index contributed by atoms with van der Waals surface area (Å²) in [6, 6.07) is 160. The third-order valence-corrected chi connectivity index (χ3v) is 28.8. The largest absolute Gasteiger partial charge is 0.455 e. The first kappa shape index (κ1) is 73.9. The molecule has 0 fully saturated rings. The Morgan fingerprint density at radius 3 is 0.947 bits per heavy atom. The Kier molecular flexibility index (Phi) is 15.8. The predicted molar refractivity (Wildman–Crippen MR) is 542 cm³/mol. The summed E-state index contributed by atoms with van der Waals surface area (Å²) in [5.74, 6) is 0. The normalized spacial score (nSPS) is 13.9. The Hall–Kier alpha value is -17.2. The summed E-state index contributed by atoms with van der Waals surface area (Å²) in [6.07, 6.45) is 0. The molecule has 28 rings (SSSR count). The van der Waals surface area contributed by atoms with Gasteiger partial charge in [0.2, 0.25) is 0 Å². The van der Waals surface area contributed by atoms with Crippen molar-refractivity contribution in [3.8, 4) is 55.6 Å². The molecule has 0 N–H and O–H groups in total. The van der Waals surface area contributed by atoms with Crippen molar-refractivity contribution in [2.75, 3.05) is 19.6 Å². The van der Waals surface area contributed by atoms with Gasteiger partial charge in [-0.25, -0.2) is 0 Å². The second kappa shape index (κ2) is 28.1. The van der Waals surface area contributed by atoms with E-state index in [2.05, 4.69) is 470 Å². The molecule has 0 saturated carbocycles. The molecule has 8 nitrogen and oxygen atoms in total. The van der Waals surface area contributed by atoms with Gasteiger partial charge in [-0.15, -0.1) is 0 Å². The van der Waals surface area contributed by atoms with E-state index in [1.807, 2.05) is 0 Å². The zero-order valence-corrected chi connectivity index (χ0v) is 72.0. The number of para-hydroxylation sites is 11. The second-order valence-corrected chi connectivity index (χ2v) is 35.5. The summed E-state index contributed by atoms with van der Waals surface area (Å²) < 4.78 is 31.4. The molecule has 8 heteroatoms. The van der Waals surface area contributed by atoms with Gasteiger partial charge in [-0.3, -0.25) is 0 Å². The first-order valence-electron chi connectivity index (χ1n) is 45.4. The molecule has 0 saturated heterocycles. The quantitative estimate of drug-likeness (QED) is 0.113. The molecule has 0 bridgehead atoms. The zero-order chi connectivity index (χ0) is 86.8. The van der Waals surface area contributed by atoms with Crippen LogP contribution in [-0.4, -0.2) is 0 Å². The molecule has 4 aliphatic rings. The first-order chi connectivity index (χ1) is 65.4. The highest BCUT2D eigenvalue weighted by atomic mass is 16.3. The average molecular weight is 1690 g/mol. The fourth-order valence-electron chi connectivity index (χ4n) is 23.6. The van der Waals surface area contributed by atoms with Crippen molar-refractivity contribution in [3.05, 3.63) is 492 Å². The van der Waals surface area contributed by atoms with Crippen LogP contribution in [0.25, 0.3) is 143 Å². The topological polar surface area (TPSA) is 65.5 Å². The lowest BCUT2D eigenvalue weighted by Gasteiger charge is -2.34. The fraction of sp³-hybridized carbons (Fsp3) is 0.0323. The lowest BCUT2D eigenvalue weighted by atomic mass is 9.70. The van der Waals surface area contributed by atoms with Crippen molar-refractivity contribution in [3.63, 3.8) is 0 Å². The number of fused-ring (bicyclic) bond motifs is 36. The van der Waals surface area contributed by atoms with Gasteiger partial charge in [-0.05, 0) is 242 Å². The lowest BCUT2D eigenvalue weighted by molar-refractivity contribution is 0.668. The molecular formula is C124H78N4O4. The number of aryl methyl sites for hydroxylation is 2. The average Bonchev–Trinajstić information content (AvgIpc) is 1.60. The van der Waals surface area contributed by atoms with Crippen LogP contribution in [-0.2, 0) is 10.8 Å². The van der Waals surface area contributed by atoms with Crippen LogP contribution >= 0.6 is 0 Å². The number of anilines is 12. The van der Waals surface area contributed by atoms with E-state index in [1.54, 1.807) is 0 Å². The van der Waals surface area contributed by atoms with Crippen LogP contribution in [0.2, 0.25) is 0 Å². The summed E-state index contributed by atoms with van der Waals surface area (Å²) >= 11 is 0. The molecule has 618 valence electrons. The van der Waals surface area contributed by atoms with Crippen LogP contribution < -0.4 is 19.6 Å². The minimum atomic E-state index is -1.06. The molecular weight excluding hydrogens is 1610 g/mol. The highest BCUT2D eigenvalue weighted by molar-refractivity contribution is 6.29. The zero-order valence-electron chi connectivity index (χ0n) is 72.0. The molecule has 0 aliphatic heterocycles. The minimum absolute atomic E-state index is 0.741. The molecule has 1 atom stereocenters. The van der Waals surface area contributed by atoms with Gasteiger partial charge in [-0.2, -0.15) is 0 Å². The van der Waals surface area contributed by atoms with E-state index in [0.29, 0.717) is 0 Å². The van der Waals surface area contributed by atoms with E-state index in [-0.39, 0.29) is 0 Å². The first-order valence-corrected chi connectivity index (χ1v) is 45.4. The van der Waals surface area contributed by atoms with Crippen molar-refractivity contribution in [2.24, 2.45) is 0 Å². The highest BCUT2D eigenvalue weighted by Gasteiger charge is 2.58. The molecule has 20 aromatic carbocycles. The van der Waals surface area contributed by atoms with Gasteiger partial charge in [0.15, 0.2) is 11.2 Å². The fourth-order valence-corrected chi connectivity index (χ4v) is 23.6. The number of hydrogen-bond donors (Lipinski definition) is 0.